The Bertz CT molecular complexity index is 24.8. The second-order valence-electron chi connectivity index (χ2n) is 0.521. The van der Waals surface area contributed by atoms with Crippen LogP contribution in [0, 0.1) is 5.21 Å². The number of hydrogen-bond donors (Lipinski definition) is 1. The van der Waals surface area contributed by atoms with Crippen molar-refractivity contribution < 1.29 is 39.8 Å². The molecule has 0 heterocycles. The van der Waals surface area contributed by atoms with Gasteiger partial charge >= 0.3 is 29.6 Å². The maximum Gasteiger partial charge on any atom is 1.00 e. The fourth-order valence-corrected chi connectivity index (χ4v) is 0. The van der Waals surface area contributed by atoms with Crippen LogP contribution in [-0.4, -0.2) is 17.5 Å². The molecule has 32 valence electrons. The van der Waals surface area contributed by atoms with Gasteiger partial charge in [-0.2, -0.15) is 4.99 Å². The maximum absolute atomic E-state index is 9.26. The SMILES string of the molecule is CN([O-])OO.[Na+]. The van der Waals surface area contributed by atoms with Crippen LogP contribution in [0.15, 0.2) is 0 Å². The third kappa shape index (κ3) is 8.85. The molecule has 0 amide bonds. The van der Waals surface area contributed by atoms with Gasteiger partial charge in [-0.05, 0) is 0 Å². The Balaban J connectivity index is 0. The van der Waals surface area contributed by atoms with E-state index < -0.39 is 0 Å². The van der Waals surface area contributed by atoms with Crippen molar-refractivity contribution in [2.75, 3.05) is 7.05 Å². The summed E-state index contributed by atoms with van der Waals surface area (Å²) in [5, 5.41) is 16.4. The van der Waals surface area contributed by atoms with Gasteiger partial charge in [0.15, 0.2) is 0 Å². The summed E-state index contributed by atoms with van der Waals surface area (Å²) in [6, 6.07) is 0. The second-order valence-corrected chi connectivity index (χ2v) is 0.521. The van der Waals surface area contributed by atoms with E-state index in [2.05, 4.69) is 4.99 Å². The van der Waals surface area contributed by atoms with Crippen molar-refractivity contribution in [1.82, 2.24) is 5.23 Å². The van der Waals surface area contributed by atoms with Crippen LogP contribution >= 0.6 is 0 Å². The quantitative estimate of drug-likeness (QED) is 0.215. The van der Waals surface area contributed by atoms with Crippen LogP contribution in [0.4, 0.5) is 0 Å². The Morgan fingerprint density at radius 1 is 1.83 bits per heavy atom. The molecule has 0 saturated carbocycles. The summed E-state index contributed by atoms with van der Waals surface area (Å²) in [6.07, 6.45) is 0. The Morgan fingerprint density at radius 2 is 2.00 bits per heavy atom. The van der Waals surface area contributed by atoms with Crippen molar-refractivity contribution in [1.29, 1.82) is 0 Å². The molecule has 4 nitrogen and oxygen atoms in total. The van der Waals surface area contributed by atoms with E-state index >= 15 is 0 Å². The Labute approximate surface area is 57.5 Å². The van der Waals surface area contributed by atoms with Gasteiger partial charge in [0.2, 0.25) is 0 Å². The smallest absolute Gasteiger partial charge is 0.760 e. The molecule has 0 aromatic heterocycles. The molecule has 0 aromatic carbocycles. The van der Waals surface area contributed by atoms with Crippen molar-refractivity contribution in [3.8, 4) is 0 Å². The third-order valence-corrected chi connectivity index (χ3v) is 0.115. The largest absolute Gasteiger partial charge is 1.00 e. The molecule has 0 radical (unpaired) electrons. The van der Waals surface area contributed by atoms with Crippen LogP contribution in [0.2, 0.25) is 0 Å². The summed E-state index contributed by atoms with van der Waals surface area (Å²) in [4.78, 5) is 3.03. The molecule has 0 aliphatic carbocycles. The number of nitrogens with zero attached hydrogens (tertiary/aromatic N) is 1. The zero-order valence-corrected chi connectivity index (χ0v) is 5.71. The molecule has 6 heavy (non-hydrogen) atoms. The van der Waals surface area contributed by atoms with Gasteiger partial charge in [0.1, 0.15) is 0 Å². The predicted molar refractivity (Wildman–Crippen MR) is 14.8 cm³/mol. The van der Waals surface area contributed by atoms with Gasteiger partial charge in [0.25, 0.3) is 0 Å². The van der Waals surface area contributed by atoms with E-state index in [0.29, 0.717) is 0 Å². The van der Waals surface area contributed by atoms with Crippen molar-refractivity contribution in [3.63, 3.8) is 0 Å². The van der Waals surface area contributed by atoms with Gasteiger partial charge in [-0.15, -0.1) is 0 Å². The molecule has 0 aliphatic rings. The standard InChI is InChI=1S/CH4NO3.Na/c1-2(3)5-4;/h4H,1H3;/q-1;+1. The first kappa shape index (κ1) is 9.96. The molecule has 5 heteroatoms. The summed E-state index contributed by atoms with van der Waals surface area (Å²) in [6.45, 7) is 0. The normalized spacial score (nSPS) is 8.00. The number of hydrogen-bond acceptors (Lipinski definition) is 4. The first-order valence-electron chi connectivity index (χ1n) is 0.995. The summed E-state index contributed by atoms with van der Waals surface area (Å²) >= 11 is 0. The van der Waals surface area contributed by atoms with Crippen LogP contribution in [0.3, 0.4) is 0 Å². The van der Waals surface area contributed by atoms with E-state index in [9.17, 15) is 5.21 Å². The molecular formula is CH4NNaO3. The van der Waals surface area contributed by atoms with Gasteiger partial charge in [-0.1, -0.05) is 0 Å². The minimum absolute atomic E-state index is 0. The van der Waals surface area contributed by atoms with E-state index in [1.54, 1.807) is 0 Å². The first-order chi connectivity index (χ1) is 2.27. The second kappa shape index (κ2) is 5.84. The molecule has 0 spiro atoms. The van der Waals surface area contributed by atoms with Gasteiger partial charge in [0, 0.05) is 7.05 Å². The van der Waals surface area contributed by atoms with Crippen LogP contribution in [-0.2, 0) is 4.99 Å². The molecule has 0 rings (SSSR count). The van der Waals surface area contributed by atoms with Gasteiger partial charge in [0.05, 0.1) is 0 Å². The molecular weight excluding hydrogens is 97.0 g/mol. The van der Waals surface area contributed by atoms with E-state index in [1.165, 1.54) is 0 Å². The van der Waals surface area contributed by atoms with Crippen molar-refractivity contribution in [3.05, 3.63) is 5.21 Å². The molecule has 0 aliphatic heterocycles. The fourth-order valence-electron chi connectivity index (χ4n) is 0. The van der Waals surface area contributed by atoms with Gasteiger partial charge in [-0.25, -0.2) is 10.5 Å². The Kier molecular flexibility index (Phi) is 9.69. The van der Waals surface area contributed by atoms with Crippen LogP contribution in [0.1, 0.15) is 0 Å². The topological polar surface area (TPSA) is 55.8 Å². The van der Waals surface area contributed by atoms with E-state index in [-0.39, 0.29) is 34.8 Å². The van der Waals surface area contributed by atoms with E-state index in [0.717, 1.165) is 7.05 Å². The number of rotatable bonds is 1. The van der Waals surface area contributed by atoms with Crippen LogP contribution < -0.4 is 29.6 Å². The zero-order valence-electron chi connectivity index (χ0n) is 3.71. The molecule has 0 saturated heterocycles. The maximum atomic E-state index is 9.26. The molecule has 0 aromatic rings. The average Bonchev–Trinajstić information content (AvgIpc) is 1.38. The van der Waals surface area contributed by atoms with Gasteiger partial charge in [-0.3, -0.25) is 0 Å². The minimum Gasteiger partial charge on any atom is -0.760 e. The molecule has 1 N–H and O–H groups in total. The predicted octanol–water partition coefficient (Wildman–Crippen LogP) is -3.18. The van der Waals surface area contributed by atoms with Gasteiger partial charge < -0.3 is 5.21 Å². The minimum atomic E-state index is -0.0694. The zero-order chi connectivity index (χ0) is 4.28. The van der Waals surface area contributed by atoms with Crippen molar-refractivity contribution in [2.24, 2.45) is 0 Å². The Morgan fingerprint density at radius 3 is 2.00 bits per heavy atom. The molecule has 0 atom stereocenters. The summed E-state index contributed by atoms with van der Waals surface area (Å²) in [7, 11) is 1.03. The summed E-state index contributed by atoms with van der Waals surface area (Å²) in [5.41, 5.74) is 0. The summed E-state index contributed by atoms with van der Waals surface area (Å²) < 4.78 is 0. The Hall–Kier alpha value is 0.840. The molecule has 0 bridgehead atoms. The van der Waals surface area contributed by atoms with Crippen LogP contribution in [0.5, 0.6) is 0 Å². The van der Waals surface area contributed by atoms with E-state index in [1.807, 2.05) is 0 Å². The third-order valence-electron chi connectivity index (χ3n) is 0.115. The molecule has 0 fully saturated rings. The van der Waals surface area contributed by atoms with Crippen LogP contribution in [0.25, 0.3) is 0 Å². The average molecular weight is 101 g/mol. The van der Waals surface area contributed by atoms with Crippen molar-refractivity contribution in [2.45, 2.75) is 0 Å². The number of hydroxylamine groups is 2. The van der Waals surface area contributed by atoms with Crippen molar-refractivity contribution >= 4 is 0 Å². The monoisotopic (exact) mass is 101 g/mol. The fraction of sp³-hybridized carbons (Fsp3) is 1.00. The van der Waals surface area contributed by atoms with E-state index in [4.69, 9.17) is 5.26 Å². The molecule has 0 unspecified atom stereocenters. The first-order valence-corrected chi connectivity index (χ1v) is 0.995. The summed E-state index contributed by atoms with van der Waals surface area (Å²) in [5.74, 6) is 0.